The van der Waals surface area contributed by atoms with Crippen LogP contribution in [0.5, 0.6) is 0 Å². The Balaban J connectivity index is 3.31. The van der Waals surface area contributed by atoms with E-state index in [1.54, 1.807) is 19.1 Å². The highest BCUT2D eigenvalue weighted by Crippen LogP contribution is 2.28. The predicted octanol–water partition coefficient (Wildman–Crippen LogP) is 2.50. The number of hydrogen-bond donors (Lipinski definition) is 1. The number of nitrogens with one attached hydrogen (secondary N) is 1. The normalized spacial score (nSPS) is 22.0. The van der Waals surface area contributed by atoms with Crippen LogP contribution in [0.25, 0.3) is 0 Å². The molecule has 8 nitrogen and oxygen atoms in total. The summed E-state index contributed by atoms with van der Waals surface area (Å²) in [5, 5.41) is 7.22. The molecule has 0 aliphatic heterocycles. The van der Waals surface area contributed by atoms with Gasteiger partial charge in [-0.25, -0.2) is 4.79 Å². The number of hydrogen-bond acceptors (Lipinski definition) is 6. The summed E-state index contributed by atoms with van der Waals surface area (Å²) < 4.78 is 11.3. The van der Waals surface area contributed by atoms with E-state index in [2.05, 4.69) is 17.2 Å². The Morgan fingerprint density at radius 1 is 1.41 bits per heavy atom. The van der Waals surface area contributed by atoms with E-state index < -0.39 is 24.2 Å². The topological polar surface area (TPSA) is 97.3 Å². The zero-order chi connectivity index (χ0) is 20.4. The first-order chi connectivity index (χ1) is 12.9. The van der Waals surface area contributed by atoms with Crippen molar-refractivity contribution in [3.8, 4) is 0 Å². The summed E-state index contributed by atoms with van der Waals surface area (Å²) in [7, 11) is 0. The van der Waals surface area contributed by atoms with Crippen molar-refractivity contribution in [2.75, 3.05) is 13.2 Å². The van der Waals surface area contributed by atoms with E-state index in [4.69, 9.17) is 9.47 Å². The van der Waals surface area contributed by atoms with E-state index in [0.29, 0.717) is 5.57 Å². The Labute approximate surface area is 160 Å². The van der Waals surface area contributed by atoms with Crippen LogP contribution in [0.4, 0.5) is 0 Å². The zero-order valence-electron chi connectivity index (χ0n) is 16.6. The maximum Gasteiger partial charge on any atom is 0.333 e. The maximum atomic E-state index is 12.3. The van der Waals surface area contributed by atoms with Crippen molar-refractivity contribution in [2.45, 2.75) is 71.2 Å². The van der Waals surface area contributed by atoms with E-state index >= 15 is 0 Å². The van der Waals surface area contributed by atoms with Crippen molar-refractivity contribution in [1.82, 2.24) is 10.3 Å². The number of ether oxygens (including phenoxy) is 2. The highest BCUT2D eigenvalue weighted by molar-refractivity contribution is 5.89. The summed E-state index contributed by atoms with van der Waals surface area (Å²) in [4.78, 5) is 35.5. The molecule has 0 aromatic rings. The van der Waals surface area contributed by atoms with E-state index in [9.17, 15) is 14.5 Å². The molecule has 1 N–H and O–H groups in total. The molecule has 0 spiro atoms. The molecule has 1 aliphatic rings. The number of esters is 1. The molecule has 0 fully saturated rings. The van der Waals surface area contributed by atoms with Crippen LogP contribution in [0.15, 0.2) is 29.6 Å². The molecule has 3 atom stereocenters. The van der Waals surface area contributed by atoms with Crippen molar-refractivity contribution >= 4 is 11.9 Å². The van der Waals surface area contributed by atoms with Gasteiger partial charge in [0.25, 0.3) is 0 Å². The Kier molecular flexibility index (Phi) is 9.71. The summed E-state index contributed by atoms with van der Waals surface area (Å²) in [6, 6.07) is -1.08. The first-order valence-corrected chi connectivity index (χ1v) is 9.42. The second kappa shape index (κ2) is 11.5. The number of carbonyl (C=O) groups is 2. The third-order valence-electron chi connectivity index (χ3n) is 4.53. The Morgan fingerprint density at radius 2 is 2.07 bits per heavy atom. The number of amides is 1. The summed E-state index contributed by atoms with van der Waals surface area (Å²) >= 11 is 0. The molecule has 0 saturated heterocycles. The smallest absolute Gasteiger partial charge is 0.333 e. The molecule has 0 saturated carbocycles. The van der Waals surface area contributed by atoms with Gasteiger partial charge in [0.2, 0.25) is 5.91 Å². The molecule has 0 unspecified atom stereocenters. The van der Waals surface area contributed by atoms with Crippen LogP contribution in [-0.2, 0) is 19.1 Å². The Bertz CT molecular complexity index is 560. The van der Waals surface area contributed by atoms with Gasteiger partial charge in [-0.1, -0.05) is 19.9 Å². The van der Waals surface area contributed by atoms with E-state index in [1.165, 1.54) is 11.9 Å². The lowest BCUT2D eigenvalue weighted by Gasteiger charge is -2.41. The van der Waals surface area contributed by atoms with E-state index in [0.717, 1.165) is 12.8 Å². The number of nitrogens with zero attached hydrogens (tertiary/aromatic N) is 2. The van der Waals surface area contributed by atoms with Gasteiger partial charge < -0.3 is 14.8 Å². The fraction of sp³-hybridized carbons (Fsp3) is 0.684. The molecule has 0 heterocycles. The standard InChI is InChI=1S/C19H31N3O5/c1-6-10-22(21-25)16-11-14(19(24)26-9-4)12-17(18(16)20-13(5)23)27-15(7-2)8-3/h6,12,15-18H,1,7-11H2,2-5H3,(H,20,23)/t16-,17+,18+/m0/s1. The number of nitroso groups, excluding NO2 is 1. The van der Waals surface area contributed by atoms with Crippen LogP contribution < -0.4 is 5.32 Å². The lowest BCUT2D eigenvalue weighted by atomic mass is 9.87. The van der Waals surface area contributed by atoms with Crippen molar-refractivity contribution in [2.24, 2.45) is 5.29 Å². The van der Waals surface area contributed by atoms with Crippen LogP contribution >= 0.6 is 0 Å². The van der Waals surface area contributed by atoms with Gasteiger partial charge in [0.05, 0.1) is 42.7 Å². The molecule has 0 bridgehead atoms. The van der Waals surface area contributed by atoms with Crippen LogP contribution in [0.3, 0.4) is 0 Å². The third kappa shape index (κ3) is 6.46. The maximum absolute atomic E-state index is 12.3. The minimum absolute atomic E-state index is 0.0400. The minimum Gasteiger partial charge on any atom is -0.463 e. The number of carbonyl (C=O) groups excluding carboxylic acids is 2. The van der Waals surface area contributed by atoms with Gasteiger partial charge in [-0.15, -0.1) is 11.5 Å². The van der Waals surface area contributed by atoms with Crippen molar-refractivity contribution in [3.63, 3.8) is 0 Å². The minimum atomic E-state index is -0.578. The van der Waals surface area contributed by atoms with Gasteiger partial charge in [-0.2, -0.15) is 0 Å². The predicted molar refractivity (Wildman–Crippen MR) is 103 cm³/mol. The van der Waals surface area contributed by atoms with Crippen LogP contribution in [-0.4, -0.2) is 54.3 Å². The molecule has 152 valence electrons. The van der Waals surface area contributed by atoms with Gasteiger partial charge in [-0.3, -0.25) is 9.80 Å². The molecule has 1 aliphatic carbocycles. The Morgan fingerprint density at radius 3 is 2.56 bits per heavy atom. The molecular weight excluding hydrogens is 350 g/mol. The molecule has 1 rings (SSSR count). The first kappa shape index (κ1) is 22.8. The van der Waals surface area contributed by atoms with Crippen molar-refractivity contribution in [1.29, 1.82) is 0 Å². The summed E-state index contributed by atoms with van der Waals surface area (Å²) in [6.45, 7) is 11.2. The van der Waals surface area contributed by atoms with Gasteiger partial charge in [-0.05, 0) is 25.8 Å². The molecule has 8 heteroatoms. The summed E-state index contributed by atoms with van der Waals surface area (Å²) in [6.07, 6.45) is 4.42. The van der Waals surface area contributed by atoms with Crippen LogP contribution in [0, 0.1) is 4.91 Å². The average molecular weight is 381 g/mol. The Hall–Kier alpha value is -2.22. The van der Waals surface area contributed by atoms with Gasteiger partial charge in [0.15, 0.2) is 0 Å². The van der Waals surface area contributed by atoms with E-state index in [1.807, 2.05) is 13.8 Å². The monoisotopic (exact) mass is 381 g/mol. The highest BCUT2D eigenvalue weighted by Gasteiger charge is 2.41. The molecule has 27 heavy (non-hydrogen) atoms. The second-order valence-electron chi connectivity index (χ2n) is 6.44. The molecule has 0 radical (unpaired) electrons. The average Bonchev–Trinajstić information content (AvgIpc) is 2.64. The van der Waals surface area contributed by atoms with Crippen LogP contribution in [0.2, 0.25) is 0 Å². The largest absolute Gasteiger partial charge is 0.463 e. The van der Waals surface area contributed by atoms with Gasteiger partial charge in [0.1, 0.15) is 0 Å². The van der Waals surface area contributed by atoms with Gasteiger partial charge in [0, 0.05) is 18.9 Å². The lowest BCUT2D eigenvalue weighted by molar-refractivity contribution is -0.139. The molecule has 0 aromatic carbocycles. The van der Waals surface area contributed by atoms with E-state index in [-0.39, 0.29) is 31.6 Å². The van der Waals surface area contributed by atoms with Gasteiger partial charge >= 0.3 is 5.97 Å². The summed E-state index contributed by atoms with van der Waals surface area (Å²) in [5.74, 6) is -0.702. The third-order valence-corrected chi connectivity index (χ3v) is 4.53. The summed E-state index contributed by atoms with van der Waals surface area (Å²) in [5.41, 5.74) is 0.414. The molecule has 0 aromatic heterocycles. The fourth-order valence-electron chi connectivity index (χ4n) is 3.21. The second-order valence-corrected chi connectivity index (χ2v) is 6.44. The van der Waals surface area contributed by atoms with Crippen molar-refractivity contribution < 1.29 is 19.1 Å². The molecule has 1 amide bonds. The SMILES string of the molecule is C=CCN(N=O)[C@H]1CC(C(=O)OCC)=C[C@@H](OC(CC)CC)[C@@H]1NC(C)=O. The zero-order valence-corrected chi connectivity index (χ0v) is 16.6. The van der Waals surface area contributed by atoms with Crippen molar-refractivity contribution in [3.05, 3.63) is 29.2 Å². The highest BCUT2D eigenvalue weighted by atomic mass is 16.5. The van der Waals surface area contributed by atoms with Crippen LogP contribution in [0.1, 0.15) is 47.0 Å². The molecular formula is C19H31N3O5. The number of rotatable bonds is 11. The fourth-order valence-corrected chi connectivity index (χ4v) is 3.21. The first-order valence-electron chi connectivity index (χ1n) is 9.42. The quantitative estimate of drug-likeness (QED) is 0.256. The lowest BCUT2D eigenvalue weighted by Crippen LogP contribution is -2.58.